The quantitative estimate of drug-likeness (QED) is 0.219. The Morgan fingerprint density at radius 2 is 1.10 bits per heavy atom. The Labute approximate surface area is 234 Å². The second-order valence-electron chi connectivity index (χ2n) is 9.17. The Hall–Kier alpha value is -4.87. The number of nitrogens with zero attached hydrogens (tertiary/aromatic N) is 1. The van der Waals surface area contributed by atoms with Crippen LogP contribution in [0.3, 0.4) is 0 Å². The number of carbonyl (C=O) groups excluding carboxylic acids is 5. The van der Waals surface area contributed by atoms with E-state index in [2.05, 4.69) is 0 Å². The largest absolute Gasteiger partial charge is 0.459 e. The first-order chi connectivity index (χ1) is 19.9. The van der Waals surface area contributed by atoms with Crippen LogP contribution in [0.15, 0.2) is 91.0 Å². The second-order valence-corrected chi connectivity index (χ2v) is 9.17. The van der Waals surface area contributed by atoms with Gasteiger partial charge in [0.05, 0.1) is 16.7 Å². The van der Waals surface area contributed by atoms with Gasteiger partial charge in [0, 0.05) is 12.8 Å². The molecule has 4 atom stereocenters. The first-order valence-electron chi connectivity index (χ1n) is 12.8. The smallest absolute Gasteiger partial charge is 0.338 e. The molecule has 0 aromatic heterocycles. The molecule has 2 amide bonds. The Morgan fingerprint density at radius 1 is 0.659 bits per heavy atom. The molecule has 3 aromatic rings. The van der Waals surface area contributed by atoms with E-state index in [4.69, 9.17) is 23.8 Å². The van der Waals surface area contributed by atoms with Crippen molar-refractivity contribution in [3.8, 4) is 0 Å². The number of hydroxylamine groups is 2. The van der Waals surface area contributed by atoms with Gasteiger partial charge in [0.1, 0.15) is 12.7 Å². The number of hydrogen-bond donors (Lipinski definition) is 0. The van der Waals surface area contributed by atoms with E-state index in [0.717, 1.165) is 0 Å². The summed E-state index contributed by atoms with van der Waals surface area (Å²) >= 11 is 0. The van der Waals surface area contributed by atoms with Gasteiger partial charge in [-0.15, -0.1) is 0 Å². The number of esters is 3. The standard InChI is InChI=1S/C30H25NO10/c32-23-16-17-24(33)31(23)41-30-26(40-29(36)21-14-8-3-9-15-21)25(39-28(35)20-12-6-2-7-13-20)22(38-30)18-37-27(34)19-10-4-1-5-11-19/h1-15,22,25-26,30H,16-18H2/t22-,25+,26+,30-/m1/s1. The maximum Gasteiger partial charge on any atom is 0.338 e. The van der Waals surface area contributed by atoms with E-state index >= 15 is 0 Å². The fourth-order valence-corrected chi connectivity index (χ4v) is 4.30. The maximum absolute atomic E-state index is 13.1. The van der Waals surface area contributed by atoms with Crippen LogP contribution in [0.4, 0.5) is 0 Å². The van der Waals surface area contributed by atoms with Crippen LogP contribution in [0, 0.1) is 0 Å². The van der Waals surface area contributed by atoms with Gasteiger partial charge in [0.25, 0.3) is 11.8 Å². The van der Waals surface area contributed by atoms with Crippen LogP contribution >= 0.6 is 0 Å². The van der Waals surface area contributed by atoms with E-state index in [-0.39, 0.29) is 29.5 Å². The van der Waals surface area contributed by atoms with Crippen molar-refractivity contribution >= 4 is 29.7 Å². The molecule has 0 radical (unpaired) electrons. The summed E-state index contributed by atoms with van der Waals surface area (Å²) in [6.07, 6.45) is -5.67. The number of ether oxygens (including phenoxy) is 4. The van der Waals surface area contributed by atoms with Crippen LogP contribution in [0.2, 0.25) is 0 Å². The number of benzene rings is 3. The molecule has 0 spiro atoms. The van der Waals surface area contributed by atoms with Crippen molar-refractivity contribution in [3.63, 3.8) is 0 Å². The van der Waals surface area contributed by atoms with Crippen LogP contribution in [-0.2, 0) is 33.4 Å². The summed E-state index contributed by atoms with van der Waals surface area (Å²) in [5.74, 6) is -3.45. The molecule has 2 aliphatic heterocycles. The summed E-state index contributed by atoms with van der Waals surface area (Å²) in [5.41, 5.74) is 0.665. The molecule has 11 nitrogen and oxygen atoms in total. The fraction of sp³-hybridized carbons (Fsp3) is 0.233. The maximum atomic E-state index is 13.1. The fourth-order valence-electron chi connectivity index (χ4n) is 4.30. The lowest BCUT2D eigenvalue weighted by atomic mass is 10.1. The van der Waals surface area contributed by atoms with Crippen molar-refractivity contribution in [2.24, 2.45) is 0 Å². The van der Waals surface area contributed by atoms with E-state index in [9.17, 15) is 24.0 Å². The zero-order valence-electron chi connectivity index (χ0n) is 21.6. The third-order valence-electron chi connectivity index (χ3n) is 6.38. The molecule has 2 aliphatic rings. The van der Waals surface area contributed by atoms with E-state index < -0.39 is 60.9 Å². The first-order valence-corrected chi connectivity index (χ1v) is 12.8. The van der Waals surface area contributed by atoms with Gasteiger partial charge in [-0.05, 0) is 36.4 Å². The molecule has 0 unspecified atom stereocenters. The number of imide groups is 1. The molecule has 2 heterocycles. The summed E-state index contributed by atoms with van der Waals surface area (Å²) in [5, 5.41) is 0.544. The average Bonchev–Trinajstić information content (AvgIpc) is 3.50. The second kappa shape index (κ2) is 12.5. The molecule has 5 rings (SSSR count). The van der Waals surface area contributed by atoms with E-state index in [1.54, 1.807) is 66.7 Å². The van der Waals surface area contributed by atoms with Crippen LogP contribution in [0.1, 0.15) is 43.9 Å². The van der Waals surface area contributed by atoms with Crippen LogP contribution in [0.5, 0.6) is 0 Å². The van der Waals surface area contributed by atoms with Crippen LogP contribution in [0.25, 0.3) is 0 Å². The van der Waals surface area contributed by atoms with Gasteiger partial charge < -0.3 is 18.9 Å². The predicted molar refractivity (Wildman–Crippen MR) is 139 cm³/mol. The van der Waals surface area contributed by atoms with Crippen molar-refractivity contribution in [3.05, 3.63) is 108 Å². The topological polar surface area (TPSA) is 135 Å². The molecule has 0 N–H and O–H groups in total. The summed E-state index contributed by atoms with van der Waals surface area (Å²) in [6.45, 7) is -0.429. The highest BCUT2D eigenvalue weighted by molar-refractivity contribution is 6.00. The normalized spacial score (nSPS) is 21.9. The van der Waals surface area contributed by atoms with Crippen molar-refractivity contribution in [2.75, 3.05) is 6.61 Å². The SMILES string of the molecule is O=C(OC[C@H]1O[C@H](ON2C(=O)CCC2=O)[C@@H](OC(=O)c2ccccc2)[C@H]1OC(=O)c1ccccc1)c1ccccc1. The van der Waals surface area contributed by atoms with E-state index in [1.807, 2.05) is 0 Å². The summed E-state index contributed by atoms with van der Waals surface area (Å²) in [7, 11) is 0. The van der Waals surface area contributed by atoms with Crippen molar-refractivity contribution in [2.45, 2.75) is 37.4 Å². The van der Waals surface area contributed by atoms with Gasteiger partial charge >= 0.3 is 17.9 Å². The molecule has 11 heteroatoms. The third-order valence-corrected chi connectivity index (χ3v) is 6.38. The Bertz CT molecular complexity index is 1400. The molecule has 0 aliphatic carbocycles. The molecular weight excluding hydrogens is 534 g/mol. The zero-order valence-corrected chi connectivity index (χ0v) is 21.6. The van der Waals surface area contributed by atoms with Crippen molar-refractivity contribution in [1.82, 2.24) is 5.06 Å². The van der Waals surface area contributed by atoms with Crippen molar-refractivity contribution in [1.29, 1.82) is 0 Å². The van der Waals surface area contributed by atoms with Gasteiger partial charge in [0.15, 0.2) is 12.2 Å². The van der Waals surface area contributed by atoms with Gasteiger partial charge in [-0.1, -0.05) is 54.6 Å². The molecule has 2 saturated heterocycles. The first kappa shape index (κ1) is 27.7. The average molecular weight is 560 g/mol. The lowest BCUT2D eigenvalue weighted by Gasteiger charge is -2.25. The minimum atomic E-state index is -1.55. The molecule has 210 valence electrons. The lowest BCUT2D eigenvalue weighted by Crippen LogP contribution is -2.44. The number of amides is 2. The molecular formula is C30H25NO10. The number of carbonyl (C=O) groups is 5. The highest BCUT2D eigenvalue weighted by Gasteiger charge is 2.53. The molecule has 2 fully saturated rings. The number of hydrogen-bond acceptors (Lipinski definition) is 10. The monoisotopic (exact) mass is 559 g/mol. The number of rotatable bonds is 9. The molecule has 3 aromatic carbocycles. The molecule has 41 heavy (non-hydrogen) atoms. The lowest BCUT2D eigenvalue weighted by molar-refractivity contribution is -0.269. The van der Waals surface area contributed by atoms with E-state index in [1.165, 1.54) is 24.3 Å². The van der Waals surface area contributed by atoms with Crippen LogP contribution < -0.4 is 0 Å². The van der Waals surface area contributed by atoms with Gasteiger partial charge in [-0.25, -0.2) is 19.2 Å². The summed E-state index contributed by atoms with van der Waals surface area (Å²) < 4.78 is 22.8. The Kier molecular flexibility index (Phi) is 8.47. The van der Waals surface area contributed by atoms with E-state index in [0.29, 0.717) is 5.06 Å². The third kappa shape index (κ3) is 6.48. The molecule has 0 bridgehead atoms. The van der Waals surface area contributed by atoms with Gasteiger partial charge in [-0.2, -0.15) is 5.06 Å². The van der Waals surface area contributed by atoms with Crippen molar-refractivity contribution < 1.29 is 47.8 Å². The van der Waals surface area contributed by atoms with Gasteiger partial charge in [-0.3, -0.25) is 9.59 Å². The minimum absolute atomic E-state index is 0.0649. The summed E-state index contributed by atoms with van der Waals surface area (Å²) in [4.78, 5) is 68.9. The Morgan fingerprint density at radius 3 is 1.59 bits per heavy atom. The highest BCUT2D eigenvalue weighted by atomic mass is 16.8. The minimum Gasteiger partial charge on any atom is -0.459 e. The Balaban J connectivity index is 1.43. The van der Waals surface area contributed by atoms with Gasteiger partial charge in [0.2, 0.25) is 6.29 Å². The predicted octanol–water partition coefficient (Wildman–Crippen LogP) is 3.10. The summed E-state index contributed by atoms with van der Waals surface area (Å²) in [6, 6.07) is 24.3. The highest BCUT2D eigenvalue weighted by Crippen LogP contribution is 2.31. The van der Waals surface area contributed by atoms with Crippen LogP contribution in [-0.4, -0.2) is 66.0 Å². The molecule has 0 saturated carbocycles. The zero-order chi connectivity index (χ0) is 28.8.